The van der Waals surface area contributed by atoms with Crippen LogP contribution in [0.3, 0.4) is 0 Å². The number of esters is 1. The molecule has 1 atom stereocenters. The predicted octanol–water partition coefficient (Wildman–Crippen LogP) is 2.57. The molecule has 1 aliphatic heterocycles. The van der Waals surface area contributed by atoms with E-state index in [9.17, 15) is 4.79 Å². The molecule has 114 valence electrons. The largest absolute Gasteiger partial charge is 0.464 e. The Kier molecular flexibility index (Phi) is 5.47. The van der Waals surface area contributed by atoms with Gasteiger partial charge in [-0.05, 0) is 38.2 Å². The zero-order chi connectivity index (χ0) is 15.4. The highest BCUT2D eigenvalue weighted by molar-refractivity contribution is 7.98. The van der Waals surface area contributed by atoms with E-state index in [1.54, 1.807) is 11.8 Å². The lowest BCUT2D eigenvalue weighted by molar-refractivity contribution is -0.144. The third-order valence-electron chi connectivity index (χ3n) is 3.59. The van der Waals surface area contributed by atoms with Gasteiger partial charge in [-0.25, -0.2) is 4.79 Å². The summed E-state index contributed by atoms with van der Waals surface area (Å²) < 4.78 is 5.18. The summed E-state index contributed by atoms with van der Waals surface area (Å²) in [6.45, 7) is 3.04. The number of carbonyl (C=O) groups is 1. The van der Waals surface area contributed by atoms with E-state index in [-0.39, 0.29) is 12.0 Å². The standard InChI is InChI=1S/C15H20N2O2S2/c1-3-19-15(18)11-7-5-9-17(11)10-6-4-8-12(21-2)13(10)14(16)20/h4,6,8,11H,3,5,7,9H2,1-2H3,(H2,16,20). The molecular formula is C15H20N2O2S2. The van der Waals surface area contributed by atoms with Crippen molar-refractivity contribution in [3.63, 3.8) is 0 Å². The van der Waals surface area contributed by atoms with Crippen LogP contribution in [0.2, 0.25) is 0 Å². The molecule has 0 radical (unpaired) electrons. The minimum absolute atomic E-state index is 0.168. The number of thioether (sulfide) groups is 1. The molecule has 2 N–H and O–H groups in total. The summed E-state index contributed by atoms with van der Waals surface area (Å²) in [6.07, 6.45) is 3.76. The van der Waals surface area contributed by atoms with Gasteiger partial charge in [-0.1, -0.05) is 18.3 Å². The van der Waals surface area contributed by atoms with Crippen LogP contribution in [0.1, 0.15) is 25.3 Å². The van der Waals surface area contributed by atoms with Crippen LogP contribution < -0.4 is 10.6 Å². The van der Waals surface area contributed by atoms with Gasteiger partial charge in [0.2, 0.25) is 0 Å². The van der Waals surface area contributed by atoms with E-state index in [2.05, 4.69) is 4.90 Å². The van der Waals surface area contributed by atoms with Gasteiger partial charge in [0.05, 0.1) is 6.61 Å². The topological polar surface area (TPSA) is 55.6 Å². The van der Waals surface area contributed by atoms with E-state index in [0.717, 1.165) is 35.5 Å². The summed E-state index contributed by atoms with van der Waals surface area (Å²) in [5.41, 5.74) is 7.71. The first kappa shape index (κ1) is 16.1. The third kappa shape index (κ3) is 3.32. The maximum Gasteiger partial charge on any atom is 0.328 e. The molecule has 0 aromatic heterocycles. The maximum atomic E-state index is 12.1. The van der Waals surface area contributed by atoms with Gasteiger partial charge in [0.25, 0.3) is 0 Å². The van der Waals surface area contributed by atoms with Gasteiger partial charge in [0, 0.05) is 22.7 Å². The summed E-state index contributed by atoms with van der Waals surface area (Å²) in [4.78, 5) is 15.6. The molecule has 6 heteroatoms. The Labute approximate surface area is 135 Å². The Hall–Kier alpha value is -1.27. The molecule has 4 nitrogen and oxygen atoms in total. The smallest absolute Gasteiger partial charge is 0.328 e. The molecule has 0 spiro atoms. The van der Waals surface area contributed by atoms with Crippen molar-refractivity contribution in [3.8, 4) is 0 Å². The van der Waals surface area contributed by atoms with Gasteiger partial charge in [-0.3, -0.25) is 0 Å². The SMILES string of the molecule is CCOC(=O)C1CCCN1c1cccc(SC)c1C(N)=S. The average molecular weight is 324 g/mol. The van der Waals surface area contributed by atoms with E-state index < -0.39 is 0 Å². The first-order valence-corrected chi connectivity index (χ1v) is 8.63. The van der Waals surface area contributed by atoms with E-state index >= 15 is 0 Å². The number of carbonyl (C=O) groups excluding carboxylic acids is 1. The van der Waals surface area contributed by atoms with E-state index in [0.29, 0.717) is 11.6 Å². The zero-order valence-corrected chi connectivity index (χ0v) is 13.9. The summed E-state index contributed by atoms with van der Waals surface area (Å²) >= 11 is 6.82. The van der Waals surface area contributed by atoms with Crippen LogP contribution in [0.15, 0.2) is 23.1 Å². The summed E-state index contributed by atoms with van der Waals surface area (Å²) in [6, 6.07) is 5.71. The van der Waals surface area contributed by atoms with Crippen molar-refractivity contribution in [1.82, 2.24) is 0 Å². The monoisotopic (exact) mass is 324 g/mol. The highest BCUT2D eigenvalue weighted by atomic mass is 32.2. The predicted molar refractivity (Wildman–Crippen MR) is 91.1 cm³/mol. The van der Waals surface area contributed by atoms with Crippen LogP contribution in [-0.2, 0) is 9.53 Å². The fourth-order valence-corrected chi connectivity index (χ4v) is 3.63. The molecule has 1 aromatic rings. The Morgan fingerprint density at radius 1 is 1.57 bits per heavy atom. The number of nitrogens with zero attached hydrogens (tertiary/aromatic N) is 1. The molecule has 1 aliphatic rings. The molecule has 0 bridgehead atoms. The molecule has 1 fully saturated rings. The minimum Gasteiger partial charge on any atom is -0.464 e. The van der Waals surface area contributed by atoms with Crippen molar-refractivity contribution in [2.24, 2.45) is 5.73 Å². The molecular weight excluding hydrogens is 304 g/mol. The molecule has 1 aromatic carbocycles. The quantitative estimate of drug-likeness (QED) is 0.510. The lowest BCUT2D eigenvalue weighted by atomic mass is 10.1. The van der Waals surface area contributed by atoms with Gasteiger partial charge >= 0.3 is 5.97 Å². The van der Waals surface area contributed by atoms with Gasteiger partial charge in [-0.15, -0.1) is 11.8 Å². The fourth-order valence-electron chi connectivity index (χ4n) is 2.72. The normalized spacial score (nSPS) is 17.8. The number of thiocarbonyl (C=S) groups is 1. The van der Waals surface area contributed by atoms with Crippen molar-refractivity contribution in [3.05, 3.63) is 23.8 Å². The third-order valence-corrected chi connectivity index (χ3v) is 4.58. The summed E-state index contributed by atoms with van der Waals surface area (Å²) in [5.74, 6) is -0.168. The van der Waals surface area contributed by atoms with Crippen LogP contribution in [-0.4, -0.2) is 36.4 Å². The van der Waals surface area contributed by atoms with Crippen molar-refractivity contribution < 1.29 is 9.53 Å². The average Bonchev–Trinajstić information content (AvgIpc) is 2.95. The molecule has 1 saturated heterocycles. The Morgan fingerprint density at radius 2 is 2.33 bits per heavy atom. The van der Waals surface area contributed by atoms with Crippen molar-refractivity contribution >= 4 is 40.6 Å². The molecule has 0 aliphatic carbocycles. The van der Waals surface area contributed by atoms with Crippen LogP contribution in [0.25, 0.3) is 0 Å². The summed E-state index contributed by atoms with van der Waals surface area (Å²) in [7, 11) is 0. The van der Waals surface area contributed by atoms with Gasteiger partial charge in [0.15, 0.2) is 0 Å². The number of anilines is 1. The maximum absolute atomic E-state index is 12.1. The van der Waals surface area contributed by atoms with Crippen molar-refractivity contribution in [1.29, 1.82) is 0 Å². The van der Waals surface area contributed by atoms with E-state index in [1.807, 2.05) is 31.4 Å². The lowest BCUT2D eigenvalue weighted by Crippen LogP contribution is -2.38. The van der Waals surface area contributed by atoms with Crippen LogP contribution in [0.5, 0.6) is 0 Å². The highest BCUT2D eigenvalue weighted by Crippen LogP contribution is 2.34. The molecule has 1 unspecified atom stereocenters. The van der Waals surface area contributed by atoms with Gasteiger partial charge < -0.3 is 15.4 Å². The second kappa shape index (κ2) is 7.13. The Bertz CT molecular complexity index is 548. The minimum atomic E-state index is -0.241. The lowest BCUT2D eigenvalue weighted by Gasteiger charge is -2.28. The molecule has 0 amide bonds. The van der Waals surface area contributed by atoms with Crippen molar-refractivity contribution in [2.75, 3.05) is 24.3 Å². The fraction of sp³-hybridized carbons (Fsp3) is 0.467. The molecule has 1 heterocycles. The highest BCUT2D eigenvalue weighted by Gasteiger charge is 2.33. The first-order chi connectivity index (χ1) is 10.1. The number of rotatable bonds is 5. The van der Waals surface area contributed by atoms with Crippen molar-refractivity contribution in [2.45, 2.75) is 30.7 Å². The number of hydrogen-bond donors (Lipinski definition) is 1. The molecule has 21 heavy (non-hydrogen) atoms. The second-order valence-corrected chi connectivity index (χ2v) is 6.11. The Morgan fingerprint density at radius 3 is 2.95 bits per heavy atom. The van der Waals surface area contributed by atoms with Gasteiger partial charge in [-0.2, -0.15) is 0 Å². The van der Waals surface area contributed by atoms with E-state index in [1.165, 1.54) is 0 Å². The van der Waals surface area contributed by atoms with Gasteiger partial charge in [0.1, 0.15) is 11.0 Å². The number of hydrogen-bond acceptors (Lipinski definition) is 5. The number of ether oxygens (including phenoxy) is 1. The van der Waals surface area contributed by atoms with Crippen LogP contribution >= 0.6 is 24.0 Å². The number of benzene rings is 1. The van der Waals surface area contributed by atoms with Crippen LogP contribution in [0, 0.1) is 0 Å². The Balaban J connectivity index is 2.41. The van der Waals surface area contributed by atoms with Crippen LogP contribution in [0.4, 0.5) is 5.69 Å². The first-order valence-electron chi connectivity index (χ1n) is 7.00. The van der Waals surface area contributed by atoms with E-state index in [4.69, 9.17) is 22.7 Å². The second-order valence-electron chi connectivity index (χ2n) is 4.82. The zero-order valence-electron chi connectivity index (χ0n) is 12.3. The summed E-state index contributed by atoms with van der Waals surface area (Å²) in [5, 5.41) is 0. The number of nitrogens with two attached hydrogens (primary N) is 1. The molecule has 0 saturated carbocycles. The molecule has 2 rings (SSSR count).